The van der Waals surface area contributed by atoms with Crippen LogP contribution in [0.3, 0.4) is 0 Å². The Morgan fingerprint density at radius 2 is 1.80 bits per heavy atom. The van der Waals surface area contributed by atoms with Gasteiger partial charge in [0.05, 0.1) is 7.11 Å². The van der Waals surface area contributed by atoms with Gasteiger partial charge in [-0.15, -0.1) is 0 Å². The molecule has 0 aliphatic heterocycles. The van der Waals surface area contributed by atoms with Crippen LogP contribution in [0.2, 0.25) is 0 Å². The van der Waals surface area contributed by atoms with E-state index in [4.69, 9.17) is 17.0 Å². The van der Waals surface area contributed by atoms with Gasteiger partial charge in [0.2, 0.25) is 5.91 Å². The third kappa shape index (κ3) is 5.43. The highest BCUT2D eigenvalue weighted by molar-refractivity contribution is 7.80. The lowest BCUT2D eigenvalue weighted by Crippen LogP contribution is -2.33. The molecule has 25 heavy (non-hydrogen) atoms. The quantitative estimate of drug-likeness (QED) is 0.619. The first-order chi connectivity index (χ1) is 12.0. The molecule has 0 atom stereocenters. The summed E-state index contributed by atoms with van der Waals surface area (Å²) in [7, 11) is 1.60. The average molecular weight is 354 g/mol. The minimum Gasteiger partial charge on any atom is -0.496 e. The van der Waals surface area contributed by atoms with Crippen molar-refractivity contribution in [2.75, 3.05) is 12.4 Å². The van der Waals surface area contributed by atoms with Crippen LogP contribution in [0.15, 0.2) is 54.6 Å². The fourth-order valence-electron chi connectivity index (χ4n) is 2.39. The van der Waals surface area contributed by atoms with E-state index in [9.17, 15) is 4.79 Å². The number of benzene rings is 2. The topological polar surface area (TPSA) is 50.4 Å². The maximum Gasteiger partial charge on any atom is 0.250 e. The van der Waals surface area contributed by atoms with E-state index in [1.54, 1.807) is 13.2 Å². The molecule has 1 amide bonds. The molecular weight excluding hydrogens is 332 g/mol. The Labute approximate surface area is 153 Å². The van der Waals surface area contributed by atoms with E-state index < -0.39 is 0 Å². The Hall–Kier alpha value is -2.66. The fourth-order valence-corrected chi connectivity index (χ4v) is 2.60. The molecule has 0 saturated carbocycles. The Bertz CT molecular complexity index is 785. The van der Waals surface area contributed by atoms with Gasteiger partial charge >= 0.3 is 0 Å². The lowest BCUT2D eigenvalue weighted by molar-refractivity contribution is -0.115. The second-order valence-electron chi connectivity index (χ2n) is 5.76. The first-order valence-corrected chi connectivity index (χ1v) is 8.44. The van der Waals surface area contributed by atoms with Crippen molar-refractivity contribution in [1.29, 1.82) is 0 Å². The van der Waals surface area contributed by atoms with Gasteiger partial charge in [0.15, 0.2) is 5.11 Å². The zero-order valence-corrected chi connectivity index (χ0v) is 15.4. The highest BCUT2D eigenvalue weighted by Gasteiger charge is 2.08. The van der Waals surface area contributed by atoms with Crippen molar-refractivity contribution in [3.8, 4) is 5.75 Å². The molecule has 2 aromatic rings. The molecule has 0 unspecified atom stereocenters. The summed E-state index contributed by atoms with van der Waals surface area (Å²) in [6.45, 7) is 4.22. The standard InChI is InChI=1S/C20H22N2O2S/c1-14(2)16-9-5-6-10-17(16)21-20(25)22-19(23)13-12-15-8-4-7-11-18(15)24-3/h4-14H,1-3H3,(H2,21,22,23,25)/b13-12+. The normalized spacial score (nSPS) is 10.7. The van der Waals surface area contributed by atoms with Crippen molar-refractivity contribution >= 4 is 35.0 Å². The third-order valence-corrected chi connectivity index (χ3v) is 3.83. The summed E-state index contributed by atoms with van der Waals surface area (Å²) in [5, 5.41) is 6.01. The van der Waals surface area contributed by atoms with E-state index in [1.165, 1.54) is 6.08 Å². The van der Waals surface area contributed by atoms with E-state index in [0.29, 0.717) is 11.7 Å². The van der Waals surface area contributed by atoms with Crippen LogP contribution in [0, 0.1) is 0 Å². The number of thiocarbonyl (C=S) groups is 1. The summed E-state index contributed by atoms with van der Waals surface area (Å²) in [5.74, 6) is 0.760. The minimum atomic E-state index is -0.301. The summed E-state index contributed by atoms with van der Waals surface area (Å²) in [6.07, 6.45) is 3.12. The molecule has 0 aliphatic rings. The number of rotatable bonds is 5. The Morgan fingerprint density at radius 3 is 2.52 bits per heavy atom. The third-order valence-electron chi connectivity index (χ3n) is 3.62. The van der Waals surface area contributed by atoms with Crippen LogP contribution < -0.4 is 15.4 Å². The number of hydrogen-bond acceptors (Lipinski definition) is 3. The van der Waals surface area contributed by atoms with E-state index in [2.05, 4.69) is 24.5 Å². The maximum atomic E-state index is 12.1. The Kier molecular flexibility index (Phi) is 6.71. The maximum absolute atomic E-state index is 12.1. The highest BCUT2D eigenvalue weighted by Crippen LogP contribution is 2.23. The summed E-state index contributed by atoms with van der Waals surface area (Å²) in [6, 6.07) is 15.4. The molecule has 2 rings (SSSR count). The molecule has 0 heterocycles. The van der Waals surface area contributed by atoms with Crippen LogP contribution in [0.1, 0.15) is 30.9 Å². The van der Waals surface area contributed by atoms with Crippen LogP contribution in [0.25, 0.3) is 6.08 Å². The minimum absolute atomic E-state index is 0.266. The SMILES string of the molecule is COc1ccccc1/C=C/C(=O)NC(=S)Nc1ccccc1C(C)C. The van der Waals surface area contributed by atoms with Gasteiger partial charge < -0.3 is 10.1 Å². The van der Waals surface area contributed by atoms with Crippen molar-refractivity contribution < 1.29 is 9.53 Å². The number of hydrogen-bond donors (Lipinski definition) is 2. The molecule has 0 aromatic heterocycles. The van der Waals surface area contributed by atoms with Crippen molar-refractivity contribution in [2.24, 2.45) is 0 Å². The van der Waals surface area contributed by atoms with E-state index >= 15 is 0 Å². The van der Waals surface area contributed by atoms with Gasteiger partial charge in [-0.2, -0.15) is 0 Å². The molecule has 4 nitrogen and oxygen atoms in total. The zero-order chi connectivity index (χ0) is 18.2. The van der Waals surface area contributed by atoms with Crippen LogP contribution >= 0.6 is 12.2 Å². The molecule has 0 fully saturated rings. The van der Waals surface area contributed by atoms with Gasteiger partial charge in [-0.1, -0.05) is 50.2 Å². The number of para-hydroxylation sites is 2. The molecule has 0 radical (unpaired) electrons. The van der Waals surface area contributed by atoms with E-state index in [1.807, 2.05) is 48.5 Å². The van der Waals surface area contributed by atoms with Crippen molar-refractivity contribution in [3.63, 3.8) is 0 Å². The molecule has 0 aliphatic carbocycles. The Balaban J connectivity index is 1.99. The largest absolute Gasteiger partial charge is 0.496 e. The first kappa shape index (κ1) is 18.7. The van der Waals surface area contributed by atoms with E-state index in [-0.39, 0.29) is 11.0 Å². The second kappa shape index (κ2) is 8.99. The monoisotopic (exact) mass is 354 g/mol. The molecule has 0 bridgehead atoms. The molecule has 2 aromatic carbocycles. The predicted molar refractivity (Wildman–Crippen MR) is 107 cm³/mol. The number of carbonyl (C=O) groups is 1. The Morgan fingerprint density at radius 1 is 1.12 bits per heavy atom. The molecule has 0 spiro atoms. The van der Waals surface area contributed by atoms with Gasteiger partial charge in [-0.25, -0.2) is 0 Å². The second-order valence-corrected chi connectivity index (χ2v) is 6.17. The first-order valence-electron chi connectivity index (χ1n) is 8.03. The van der Waals surface area contributed by atoms with Crippen LogP contribution in [0.4, 0.5) is 5.69 Å². The fraction of sp³-hybridized carbons (Fsp3) is 0.200. The highest BCUT2D eigenvalue weighted by atomic mass is 32.1. The number of ether oxygens (including phenoxy) is 1. The zero-order valence-electron chi connectivity index (χ0n) is 14.6. The summed E-state index contributed by atoms with van der Waals surface area (Å²) >= 11 is 5.24. The van der Waals surface area contributed by atoms with Crippen molar-refractivity contribution in [1.82, 2.24) is 5.32 Å². The lowest BCUT2D eigenvalue weighted by atomic mass is 10.0. The van der Waals surface area contributed by atoms with Crippen molar-refractivity contribution in [3.05, 3.63) is 65.7 Å². The summed E-state index contributed by atoms with van der Waals surface area (Å²) in [4.78, 5) is 12.1. The number of methoxy groups -OCH3 is 1. The van der Waals surface area contributed by atoms with Gasteiger partial charge in [0.1, 0.15) is 5.75 Å². The number of carbonyl (C=O) groups excluding carboxylic acids is 1. The molecule has 5 heteroatoms. The number of anilines is 1. The summed E-state index contributed by atoms with van der Waals surface area (Å²) in [5.41, 5.74) is 2.87. The van der Waals surface area contributed by atoms with E-state index in [0.717, 1.165) is 16.8 Å². The number of nitrogens with one attached hydrogen (secondary N) is 2. The average Bonchev–Trinajstić information content (AvgIpc) is 2.60. The van der Waals surface area contributed by atoms with Crippen LogP contribution in [-0.4, -0.2) is 18.1 Å². The molecule has 2 N–H and O–H groups in total. The van der Waals surface area contributed by atoms with Crippen LogP contribution in [0.5, 0.6) is 5.75 Å². The van der Waals surface area contributed by atoms with Gasteiger partial charge in [-0.05, 0) is 41.9 Å². The predicted octanol–water partition coefficient (Wildman–Crippen LogP) is 4.35. The molecular formula is C20H22N2O2S. The van der Waals surface area contributed by atoms with Crippen molar-refractivity contribution in [2.45, 2.75) is 19.8 Å². The van der Waals surface area contributed by atoms with Gasteiger partial charge in [-0.3, -0.25) is 10.1 Å². The number of amides is 1. The lowest BCUT2D eigenvalue weighted by Gasteiger charge is -2.15. The summed E-state index contributed by atoms with van der Waals surface area (Å²) < 4.78 is 5.25. The molecule has 0 saturated heterocycles. The smallest absolute Gasteiger partial charge is 0.250 e. The molecule has 130 valence electrons. The van der Waals surface area contributed by atoms with Crippen LogP contribution in [-0.2, 0) is 4.79 Å². The van der Waals surface area contributed by atoms with Gasteiger partial charge in [0.25, 0.3) is 0 Å². The van der Waals surface area contributed by atoms with Gasteiger partial charge in [0, 0.05) is 17.3 Å².